The van der Waals surface area contributed by atoms with E-state index in [2.05, 4.69) is 31.4 Å². The highest BCUT2D eigenvalue weighted by atomic mass is 79.9. The van der Waals surface area contributed by atoms with Crippen molar-refractivity contribution in [1.29, 1.82) is 0 Å². The van der Waals surface area contributed by atoms with Gasteiger partial charge in [0.25, 0.3) is 5.56 Å². The van der Waals surface area contributed by atoms with Crippen molar-refractivity contribution < 1.29 is 9.53 Å². The molecule has 0 saturated carbocycles. The van der Waals surface area contributed by atoms with E-state index in [1.807, 2.05) is 52.8 Å². The molecular weight excluding hydrogens is 424 g/mol. The van der Waals surface area contributed by atoms with E-state index in [1.165, 1.54) is 0 Å². The van der Waals surface area contributed by atoms with Crippen LogP contribution in [0.15, 0.2) is 27.5 Å². The van der Waals surface area contributed by atoms with Crippen LogP contribution in [-0.2, 0) is 11.3 Å². The monoisotopic (exact) mass is 448 g/mol. The van der Waals surface area contributed by atoms with Crippen molar-refractivity contribution in [1.82, 2.24) is 20.1 Å². The molecule has 8 heteroatoms. The van der Waals surface area contributed by atoms with Crippen molar-refractivity contribution in [2.24, 2.45) is 5.92 Å². The number of aryl methyl sites for hydroxylation is 1. The number of ether oxygens (including phenoxy) is 1. The van der Waals surface area contributed by atoms with E-state index in [1.54, 1.807) is 4.57 Å². The van der Waals surface area contributed by atoms with Crippen LogP contribution >= 0.6 is 15.9 Å². The number of alkyl carbamates (subject to hydrolysis) is 1. The number of hydrogen-bond acceptors (Lipinski definition) is 4. The lowest BCUT2D eigenvalue weighted by Crippen LogP contribution is -2.36. The van der Waals surface area contributed by atoms with Crippen LogP contribution in [0, 0.1) is 12.8 Å². The first-order chi connectivity index (χ1) is 13.1. The third-order valence-corrected chi connectivity index (χ3v) is 4.89. The minimum Gasteiger partial charge on any atom is -0.444 e. The fourth-order valence-corrected chi connectivity index (χ4v) is 3.55. The van der Waals surface area contributed by atoms with Crippen molar-refractivity contribution >= 4 is 43.8 Å². The number of aromatic amines is 1. The summed E-state index contributed by atoms with van der Waals surface area (Å²) in [4.78, 5) is 25.0. The Bertz CT molecular complexity index is 1090. The summed E-state index contributed by atoms with van der Waals surface area (Å²) in [6, 6.07) is 5.79. The quantitative estimate of drug-likeness (QED) is 0.628. The van der Waals surface area contributed by atoms with Crippen molar-refractivity contribution in [2.75, 3.05) is 6.54 Å². The summed E-state index contributed by atoms with van der Waals surface area (Å²) < 4.78 is 7.95. The Morgan fingerprint density at radius 1 is 1.39 bits per heavy atom. The van der Waals surface area contributed by atoms with Crippen LogP contribution in [0.2, 0.25) is 0 Å². The molecule has 3 rings (SSSR count). The second kappa shape index (κ2) is 7.58. The summed E-state index contributed by atoms with van der Waals surface area (Å²) in [5.41, 5.74) is 1.61. The smallest absolute Gasteiger partial charge is 0.407 e. The van der Waals surface area contributed by atoms with Gasteiger partial charge in [-0.05, 0) is 51.8 Å². The first kappa shape index (κ1) is 20.4. The number of H-pyrrole nitrogens is 1. The summed E-state index contributed by atoms with van der Waals surface area (Å²) in [5.74, 6) is 0.0294. The van der Waals surface area contributed by atoms with Crippen LogP contribution in [0.3, 0.4) is 0 Å². The van der Waals surface area contributed by atoms with Crippen molar-refractivity contribution in [3.63, 3.8) is 0 Å². The van der Waals surface area contributed by atoms with Crippen LogP contribution < -0.4 is 10.9 Å². The van der Waals surface area contributed by atoms with Crippen molar-refractivity contribution in [3.05, 3.63) is 38.7 Å². The highest BCUT2D eigenvalue weighted by Crippen LogP contribution is 2.26. The van der Waals surface area contributed by atoms with Crippen LogP contribution in [-0.4, -0.2) is 33.0 Å². The van der Waals surface area contributed by atoms with Gasteiger partial charge in [-0.2, -0.15) is 5.10 Å². The molecule has 0 aliphatic carbocycles. The van der Waals surface area contributed by atoms with E-state index in [4.69, 9.17) is 4.74 Å². The number of benzene rings is 1. The Kier molecular flexibility index (Phi) is 5.52. The van der Waals surface area contributed by atoms with Crippen molar-refractivity contribution in [2.45, 2.75) is 46.8 Å². The first-order valence-electron chi connectivity index (χ1n) is 9.20. The molecule has 28 heavy (non-hydrogen) atoms. The summed E-state index contributed by atoms with van der Waals surface area (Å²) >= 11 is 3.50. The lowest BCUT2D eigenvalue weighted by atomic mass is 10.1. The van der Waals surface area contributed by atoms with E-state index >= 15 is 0 Å². The van der Waals surface area contributed by atoms with Crippen LogP contribution in [0.5, 0.6) is 0 Å². The zero-order valence-electron chi connectivity index (χ0n) is 16.7. The molecule has 0 aliphatic heterocycles. The number of fused-ring (bicyclic) bond motifs is 3. The molecule has 2 aromatic heterocycles. The number of carbonyl (C=O) groups excluding carboxylic acids is 1. The standard InChI is InChI=1S/C20H25BrN4O3/c1-11(9-22-19(27)28-20(3,4)5)10-25-15-7-6-13(21)8-14(15)17-16(18(25)26)12(2)23-24-17/h6-8,11H,9-10H2,1-5H3,(H,22,27)(H,23,24)/t11-/m0/s1. The lowest BCUT2D eigenvalue weighted by Gasteiger charge is -2.21. The van der Waals surface area contributed by atoms with Crippen LogP contribution in [0.25, 0.3) is 21.8 Å². The zero-order valence-corrected chi connectivity index (χ0v) is 18.3. The summed E-state index contributed by atoms with van der Waals surface area (Å²) in [5, 5.41) is 11.5. The molecular formula is C20H25BrN4O3. The molecule has 1 atom stereocenters. The van der Waals surface area contributed by atoms with Gasteiger partial charge in [-0.1, -0.05) is 22.9 Å². The average molecular weight is 449 g/mol. The maximum absolute atomic E-state index is 13.1. The molecule has 150 valence electrons. The molecule has 3 aromatic rings. The highest BCUT2D eigenvalue weighted by Gasteiger charge is 2.19. The van der Waals surface area contributed by atoms with Gasteiger partial charge in [0.15, 0.2) is 0 Å². The Balaban J connectivity index is 1.92. The van der Waals surface area contributed by atoms with Crippen LogP contribution in [0.4, 0.5) is 4.79 Å². The van der Waals surface area contributed by atoms with Gasteiger partial charge in [0.05, 0.1) is 10.9 Å². The SMILES string of the molecule is Cc1[nH]nc2c1c(=O)n(C[C@@H](C)CNC(=O)OC(C)(C)C)c1ccc(Br)cc21. The lowest BCUT2D eigenvalue weighted by molar-refractivity contribution is 0.0519. The minimum absolute atomic E-state index is 0.0294. The second-order valence-electron chi connectivity index (χ2n) is 8.14. The molecule has 0 aliphatic rings. The number of amides is 1. The molecule has 2 N–H and O–H groups in total. The Hall–Kier alpha value is -2.35. The second-order valence-corrected chi connectivity index (χ2v) is 9.05. The minimum atomic E-state index is -0.544. The van der Waals surface area contributed by atoms with Crippen LogP contribution in [0.1, 0.15) is 33.4 Å². The molecule has 1 amide bonds. The fourth-order valence-electron chi connectivity index (χ4n) is 3.19. The van der Waals surface area contributed by atoms with E-state index in [-0.39, 0.29) is 11.5 Å². The highest BCUT2D eigenvalue weighted by molar-refractivity contribution is 9.10. The van der Waals surface area contributed by atoms with Gasteiger partial charge in [-0.3, -0.25) is 9.89 Å². The maximum Gasteiger partial charge on any atom is 0.407 e. The summed E-state index contributed by atoms with van der Waals surface area (Å²) in [7, 11) is 0. The third-order valence-electron chi connectivity index (χ3n) is 4.40. The van der Waals surface area contributed by atoms with Gasteiger partial charge in [0.2, 0.25) is 0 Å². The predicted octanol–water partition coefficient (Wildman–Crippen LogP) is 4.11. The molecule has 0 bridgehead atoms. The first-order valence-corrected chi connectivity index (χ1v) is 9.99. The number of nitrogens with zero attached hydrogens (tertiary/aromatic N) is 2. The molecule has 1 aromatic carbocycles. The van der Waals surface area contributed by atoms with Gasteiger partial charge in [-0.25, -0.2) is 4.79 Å². The normalized spacial score (nSPS) is 13.1. The maximum atomic E-state index is 13.1. The fraction of sp³-hybridized carbons (Fsp3) is 0.450. The summed E-state index contributed by atoms with van der Waals surface area (Å²) in [6.45, 7) is 10.2. The van der Waals surface area contributed by atoms with Gasteiger partial charge >= 0.3 is 6.09 Å². The third kappa shape index (κ3) is 4.22. The molecule has 0 fully saturated rings. The topological polar surface area (TPSA) is 89.0 Å². The number of hydrogen-bond donors (Lipinski definition) is 2. The molecule has 0 unspecified atom stereocenters. The number of halogens is 1. The predicted molar refractivity (Wildman–Crippen MR) is 114 cm³/mol. The van der Waals surface area contributed by atoms with E-state index in [9.17, 15) is 9.59 Å². The number of aromatic nitrogens is 3. The van der Waals surface area contributed by atoms with Crippen molar-refractivity contribution in [3.8, 4) is 0 Å². The molecule has 7 nitrogen and oxygen atoms in total. The van der Waals surface area contributed by atoms with Gasteiger partial charge in [-0.15, -0.1) is 0 Å². The molecule has 0 radical (unpaired) electrons. The van der Waals surface area contributed by atoms with Gasteiger partial charge in [0.1, 0.15) is 11.1 Å². The average Bonchev–Trinajstić information content (AvgIpc) is 2.97. The Morgan fingerprint density at radius 2 is 2.11 bits per heavy atom. The molecule has 0 spiro atoms. The molecule has 0 saturated heterocycles. The molecule has 2 heterocycles. The Morgan fingerprint density at radius 3 is 2.79 bits per heavy atom. The number of nitrogens with one attached hydrogen (secondary N) is 2. The van der Waals surface area contributed by atoms with Gasteiger partial charge in [0, 0.05) is 28.6 Å². The number of rotatable bonds is 4. The Labute approximate surface area is 171 Å². The zero-order chi connectivity index (χ0) is 20.6. The van der Waals surface area contributed by atoms with E-state index in [0.717, 1.165) is 21.1 Å². The van der Waals surface area contributed by atoms with Gasteiger partial charge < -0.3 is 14.6 Å². The van der Waals surface area contributed by atoms with E-state index < -0.39 is 11.7 Å². The summed E-state index contributed by atoms with van der Waals surface area (Å²) in [6.07, 6.45) is -0.457. The largest absolute Gasteiger partial charge is 0.444 e. The number of carbonyl (C=O) groups is 1. The van der Waals surface area contributed by atoms with E-state index in [0.29, 0.717) is 24.0 Å². The number of pyridine rings is 1.